The minimum Gasteiger partial charge on any atom is -0.390 e. The van der Waals surface area contributed by atoms with Crippen molar-refractivity contribution in [3.05, 3.63) is 28.2 Å². The van der Waals surface area contributed by atoms with E-state index in [2.05, 4.69) is 0 Å². The molecule has 6 nitrogen and oxygen atoms in total. The van der Waals surface area contributed by atoms with E-state index in [-0.39, 0.29) is 21.5 Å². The molecule has 0 radical (unpaired) electrons. The minimum atomic E-state index is -3.99. The molecule has 1 heterocycles. The van der Waals surface area contributed by atoms with E-state index in [9.17, 15) is 21.9 Å². The van der Waals surface area contributed by atoms with Gasteiger partial charge in [-0.3, -0.25) is 0 Å². The lowest BCUT2D eigenvalue weighted by atomic mass is 10.2. The second kappa shape index (κ2) is 6.26. The zero-order valence-electron chi connectivity index (χ0n) is 11.6. The third-order valence-corrected chi connectivity index (χ3v) is 7.91. The normalized spacial score (nSPS) is 24.8. The molecule has 1 aliphatic rings. The van der Waals surface area contributed by atoms with E-state index in [1.807, 2.05) is 0 Å². The average molecular weight is 388 g/mol. The Hall–Kier alpha value is -0.380. The average Bonchev–Trinajstić information content (AvgIpc) is 2.66. The second-order valence-corrected chi connectivity index (χ2v) is 9.85. The Morgan fingerprint density at radius 3 is 2.36 bits per heavy atom. The van der Waals surface area contributed by atoms with Gasteiger partial charge in [0.2, 0.25) is 10.0 Å². The van der Waals surface area contributed by atoms with Gasteiger partial charge in [0.05, 0.1) is 38.6 Å². The molecule has 1 aromatic rings. The van der Waals surface area contributed by atoms with Crippen LogP contribution in [0.5, 0.6) is 0 Å². The zero-order chi connectivity index (χ0) is 16.7. The van der Waals surface area contributed by atoms with Gasteiger partial charge in [0.1, 0.15) is 0 Å². The third-order valence-electron chi connectivity index (χ3n) is 3.47. The van der Waals surface area contributed by atoms with Crippen molar-refractivity contribution in [2.75, 3.05) is 18.1 Å². The molecule has 0 saturated carbocycles. The van der Waals surface area contributed by atoms with E-state index in [0.29, 0.717) is 0 Å². The predicted octanol–water partition coefficient (Wildman–Crippen LogP) is 1.16. The van der Waals surface area contributed by atoms with Gasteiger partial charge in [-0.25, -0.2) is 16.8 Å². The number of aliphatic hydroxyl groups is 1. The molecule has 0 unspecified atom stereocenters. The van der Waals surface area contributed by atoms with Crippen LogP contribution < -0.4 is 0 Å². The summed E-state index contributed by atoms with van der Waals surface area (Å²) < 4.78 is 49.6. The molecule has 10 heteroatoms. The van der Waals surface area contributed by atoms with Gasteiger partial charge in [0, 0.05) is 6.54 Å². The number of benzene rings is 1. The van der Waals surface area contributed by atoms with Crippen LogP contribution in [0.15, 0.2) is 23.1 Å². The van der Waals surface area contributed by atoms with Crippen LogP contribution in [0, 0.1) is 0 Å². The summed E-state index contributed by atoms with van der Waals surface area (Å²) in [4.78, 5) is -0.0970. The van der Waals surface area contributed by atoms with Gasteiger partial charge < -0.3 is 5.11 Å². The number of halogens is 2. The highest BCUT2D eigenvalue weighted by atomic mass is 35.5. The second-order valence-electron chi connectivity index (χ2n) is 5.00. The molecule has 1 fully saturated rings. The monoisotopic (exact) mass is 387 g/mol. The molecule has 1 saturated heterocycles. The van der Waals surface area contributed by atoms with E-state index < -0.39 is 43.5 Å². The number of hydrogen-bond acceptors (Lipinski definition) is 5. The SMILES string of the molecule is CCN([C@H]1CS(=O)(=O)C[C@H]1O)S(=O)(=O)c1ccc(Cl)c(Cl)c1. The van der Waals surface area contributed by atoms with Crippen molar-refractivity contribution in [2.45, 2.75) is 24.0 Å². The van der Waals surface area contributed by atoms with Gasteiger partial charge >= 0.3 is 0 Å². The van der Waals surface area contributed by atoms with Crippen LogP contribution in [0.1, 0.15) is 6.92 Å². The van der Waals surface area contributed by atoms with Crippen molar-refractivity contribution < 1.29 is 21.9 Å². The molecule has 2 rings (SSSR count). The van der Waals surface area contributed by atoms with Gasteiger partial charge in [-0.15, -0.1) is 0 Å². The first-order valence-corrected chi connectivity index (χ1v) is 10.5. The standard InChI is InChI=1S/C12H15Cl2NO5S2/c1-2-15(11-6-21(17,18)7-12(11)16)22(19,20)8-3-4-9(13)10(14)5-8/h3-5,11-12,16H,2,6-7H2,1H3/t11-,12+/m0/s1. The van der Waals surface area contributed by atoms with Gasteiger partial charge in [-0.1, -0.05) is 30.1 Å². The summed E-state index contributed by atoms with van der Waals surface area (Å²) in [5, 5.41) is 10.2. The fourth-order valence-electron chi connectivity index (χ4n) is 2.44. The lowest BCUT2D eigenvalue weighted by molar-refractivity contribution is 0.130. The largest absolute Gasteiger partial charge is 0.390 e. The van der Waals surface area contributed by atoms with E-state index >= 15 is 0 Å². The minimum absolute atomic E-state index is 0.0276. The maximum atomic E-state index is 12.7. The van der Waals surface area contributed by atoms with Crippen molar-refractivity contribution in [3.8, 4) is 0 Å². The van der Waals surface area contributed by atoms with Crippen molar-refractivity contribution in [1.82, 2.24) is 4.31 Å². The molecular formula is C12H15Cl2NO5S2. The molecule has 22 heavy (non-hydrogen) atoms. The van der Waals surface area contributed by atoms with Crippen LogP contribution in [0.25, 0.3) is 0 Å². The van der Waals surface area contributed by atoms with E-state index in [1.54, 1.807) is 6.92 Å². The lowest BCUT2D eigenvalue weighted by Crippen LogP contribution is -2.46. The lowest BCUT2D eigenvalue weighted by Gasteiger charge is -2.28. The maximum absolute atomic E-state index is 12.7. The summed E-state index contributed by atoms with van der Waals surface area (Å²) in [6.45, 7) is 1.60. The predicted molar refractivity (Wildman–Crippen MR) is 84.5 cm³/mol. The van der Waals surface area contributed by atoms with Crippen LogP contribution >= 0.6 is 23.2 Å². The molecule has 1 aliphatic heterocycles. The summed E-state index contributed by atoms with van der Waals surface area (Å²) in [6, 6.07) is 2.85. The zero-order valence-corrected chi connectivity index (χ0v) is 14.8. The van der Waals surface area contributed by atoms with E-state index in [0.717, 1.165) is 4.31 Å². The number of sulfonamides is 1. The molecule has 124 valence electrons. The fourth-order valence-corrected chi connectivity index (χ4v) is 6.39. The Labute approximate surface area is 139 Å². The van der Waals surface area contributed by atoms with Crippen molar-refractivity contribution in [3.63, 3.8) is 0 Å². The first-order chi connectivity index (χ1) is 10.1. The highest BCUT2D eigenvalue weighted by molar-refractivity contribution is 7.92. The van der Waals surface area contributed by atoms with Gasteiger partial charge in [-0.2, -0.15) is 4.31 Å². The van der Waals surface area contributed by atoms with Crippen LogP contribution in [0.2, 0.25) is 10.0 Å². The summed E-state index contributed by atoms with van der Waals surface area (Å²) >= 11 is 11.6. The number of hydrogen-bond donors (Lipinski definition) is 1. The number of sulfone groups is 1. The molecule has 0 aliphatic carbocycles. The van der Waals surface area contributed by atoms with Crippen LogP contribution in [0.4, 0.5) is 0 Å². The summed E-state index contributed by atoms with van der Waals surface area (Å²) in [5.41, 5.74) is 0. The molecule has 2 atom stereocenters. The van der Waals surface area contributed by atoms with E-state index in [1.165, 1.54) is 18.2 Å². The Kier molecular flexibility index (Phi) is 5.11. The quantitative estimate of drug-likeness (QED) is 0.836. The van der Waals surface area contributed by atoms with Gasteiger partial charge in [0.15, 0.2) is 9.84 Å². The number of aliphatic hydroxyl groups excluding tert-OH is 1. The Morgan fingerprint density at radius 1 is 1.27 bits per heavy atom. The number of rotatable bonds is 4. The topological polar surface area (TPSA) is 91.8 Å². The number of nitrogens with zero attached hydrogens (tertiary/aromatic N) is 1. The van der Waals surface area contributed by atoms with E-state index in [4.69, 9.17) is 23.2 Å². The highest BCUT2D eigenvalue weighted by Crippen LogP contribution is 2.29. The number of likely N-dealkylation sites (N-methyl/N-ethyl adjacent to an activating group) is 1. The fraction of sp³-hybridized carbons (Fsp3) is 0.500. The molecule has 1 N–H and O–H groups in total. The van der Waals surface area contributed by atoms with Gasteiger partial charge in [-0.05, 0) is 18.2 Å². The summed E-state index contributed by atoms with van der Waals surface area (Å²) in [6.07, 6.45) is -1.25. The first kappa shape index (κ1) is 18.0. The third kappa shape index (κ3) is 3.42. The van der Waals surface area contributed by atoms with Crippen LogP contribution in [-0.4, -0.2) is 56.4 Å². The Bertz CT molecular complexity index is 779. The molecule has 0 amide bonds. The highest BCUT2D eigenvalue weighted by Gasteiger charge is 2.44. The summed E-state index contributed by atoms with van der Waals surface area (Å²) in [5.74, 6) is -0.840. The molecular weight excluding hydrogens is 373 g/mol. The molecule has 0 aromatic heterocycles. The summed E-state index contributed by atoms with van der Waals surface area (Å²) in [7, 11) is -7.45. The maximum Gasteiger partial charge on any atom is 0.243 e. The molecule has 0 spiro atoms. The Morgan fingerprint density at radius 2 is 1.91 bits per heavy atom. The molecule has 1 aromatic carbocycles. The van der Waals surface area contributed by atoms with Gasteiger partial charge in [0.25, 0.3) is 0 Å². The van der Waals surface area contributed by atoms with Crippen LogP contribution in [0.3, 0.4) is 0 Å². The Balaban J connectivity index is 2.43. The molecule has 0 bridgehead atoms. The first-order valence-electron chi connectivity index (χ1n) is 6.44. The smallest absolute Gasteiger partial charge is 0.243 e. The van der Waals surface area contributed by atoms with Crippen molar-refractivity contribution in [2.24, 2.45) is 0 Å². The van der Waals surface area contributed by atoms with Crippen molar-refractivity contribution >= 4 is 43.1 Å². The van der Waals surface area contributed by atoms with Crippen molar-refractivity contribution in [1.29, 1.82) is 0 Å². The van der Waals surface area contributed by atoms with Crippen LogP contribution in [-0.2, 0) is 19.9 Å².